The first-order valence-corrected chi connectivity index (χ1v) is 4.27. The zero-order chi connectivity index (χ0) is 6.41. The van der Waals surface area contributed by atoms with Crippen molar-refractivity contribution >= 4 is 11.8 Å². The molecule has 1 N–H and O–H groups in total. The lowest BCUT2D eigenvalue weighted by atomic mass is 10.3. The van der Waals surface area contributed by atoms with Crippen LogP contribution in [0.1, 0.15) is 13.3 Å². The highest BCUT2D eigenvalue weighted by Crippen LogP contribution is 2.07. The second-order valence-electron chi connectivity index (χ2n) is 1.94. The van der Waals surface area contributed by atoms with Crippen LogP contribution in [0.5, 0.6) is 0 Å². The maximum absolute atomic E-state index is 3.12. The Bertz CT molecular complexity index is 47.8. The summed E-state index contributed by atoms with van der Waals surface area (Å²) in [6, 6.07) is 0. The number of hydrogen-bond donors (Lipinski definition) is 1. The number of thioether (sulfide) groups is 1. The van der Waals surface area contributed by atoms with E-state index in [2.05, 4.69) is 18.5 Å². The van der Waals surface area contributed by atoms with Crippen molar-refractivity contribution < 1.29 is 0 Å². The van der Waals surface area contributed by atoms with E-state index in [1.165, 1.54) is 6.42 Å². The van der Waals surface area contributed by atoms with E-state index in [-0.39, 0.29) is 0 Å². The Hall–Kier alpha value is 0.310. The summed E-state index contributed by atoms with van der Waals surface area (Å²) < 4.78 is 0. The fourth-order valence-corrected chi connectivity index (χ4v) is 0.819. The Morgan fingerprint density at radius 1 is 1.62 bits per heavy atom. The molecule has 0 heterocycles. The highest BCUT2D eigenvalue weighted by Gasteiger charge is 1.94. The minimum atomic E-state index is 0.808. The quantitative estimate of drug-likeness (QED) is 0.621. The smallest absolute Gasteiger partial charge is 0.00280 e. The van der Waals surface area contributed by atoms with Gasteiger partial charge in [-0.1, -0.05) is 6.92 Å². The maximum atomic E-state index is 3.12. The molecule has 0 aliphatic rings. The molecule has 1 atom stereocenters. The first-order valence-electron chi connectivity index (χ1n) is 2.98. The molecule has 0 aliphatic carbocycles. The molecule has 0 bridgehead atoms. The lowest BCUT2D eigenvalue weighted by Gasteiger charge is -2.05. The summed E-state index contributed by atoms with van der Waals surface area (Å²) in [5.74, 6) is 0. The van der Waals surface area contributed by atoms with Gasteiger partial charge >= 0.3 is 0 Å². The fourth-order valence-electron chi connectivity index (χ4n) is 0.465. The lowest BCUT2D eigenvalue weighted by molar-refractivity contribution is 0.721. The Balaban J connectivity index is 2.86. The van der Waals surface area contributed by atoms with Crippen LogP contribution in [0.25, 0.3) is 0 Å². The highest BCUT2D eigenvalue weighted by molar-refractivity contribution is 7.99. The third-order valence-electron chi connectivity index (χ3n) is 1.20. The van der Waals surface area contributed by atoms with E-state index in [4.69, 9.17) is 0 Å². The van der Waals surface area contributed by atoms with Crippen LogP contribution in [0.3, 0.4) is 0 Å². The van der Waals surface area contributed by atoms with E-state index in [0.29, 0.717) is 0 Å². The summed E-state index contributed by atoms with van der Waals surface area (Å²) in [6.07, 6.45) is 3.43. The average molecular weight is 133 g/mol. The van der Waals surface area contributed by atoms with E-state index in [1.807, 2.05) is 18.8 Å². The zero-order valence-corrected chi connectivity index (χ0v) is 6.72. The van der Waals surface area contributed by atoms with Gasteiger partial charge in [0.15, 0.2) is 0 Å². The summed E-state index contributed by atoms with van der Waals surface area (Å²) >= 11 is 1.92. The molecule has 0 saturated heterocycles. The molecular formula is C6H15NS. The van der Waals surface area contributed by atoms with Gasteiger partial charge in [0.05, 0.1) is 0 Å². The van der Waals surface area contributed by atoms with Crippen molar-refractivity contribution in [3.63, 3.8) is 0 Å². The van der Waals surface area contributed by atoms with Crippen molar-refractivity contribution in [3.05, 3.63) is 0 Å². The topological polar surface area (TPSA) is 12.0 Å². The molecule has 0 aliphatic heterocycles. The number of rotatable bonds is 4. The molecule has 0 rings (SSSR count). The molecule has 0 aromatic carbocycles. The van der Waals surface area contributed by atoms with Crippen molar-refractivity contribution in [1.29, 1.82) is 0 Å². The van der Waals surface area contributed by atoms with Crippen LogP contribution in [0.2, 0.25) is 0 Å². The molecule has 1 nitrogen and oxygen atoms in total. The predicted octanol–water partition coefficient (Wildman–Crippen LogP) is 1.35. The van der Waals surface area contributed by atoms with Gasteiger partial charge < -0.3 is 5.32 Å². The van der Waals surface area contributed by atoms with E-state index in [9.17, 15) is 0 Å². The van der Waals surface area contributed by atoms with Gasteiger partial charge in [0.1, 0.15) is 0 Å². The van der Waals surface area contributed by atoms with Crippen LogP contribution in [-0.2, 0) is 0 Å². The molecule has 2 heteroatoms. The summed E-state index contributed by atoms with van der Waals surface area (Å²) in [5.41, 5.74) is 0. The number of nitrogens with one attached hydrogen (secondary N) is 1. The third kappa shape index (κ3) is 4.47. The second kappa shape index (κ2) is 5.45. The first-order chi connectivity index (χ1) is 3.81. The maximum Gasteiger partial charge on any atom is 0.00280 e. The molecule has 0 radical (unpaired) electrons. The van der Waals surface area contributed by atoms with Gasteiger partial charge in [-0.05, 0) is 26.3 Å². The molecule has 0 aromatic rings. The zero-order valence-electron chi connectivity index (χ0n) is 5.90. The Morgan fingerprint density at radius 3 is 2.62 bits per heavy atom. The summed E-state index contributed by atoms with van der Waals surface area (Å²) in [5, 5.41) is 3.93. The lowest BCUT2D eigenvalue weighted by Crippen LogP contribution is -2.12. The molecule has 8 heavy (non-hydrogen) atoms. The monoisotopic (exact) mass is 133 g/mol. The van der Waals surface area contributed by atoms with Gasteiger partial charge in [-0.25, -0.2) is 0 Å². The molecule has 0 fully saturated rings. The molecule has 0 spiro atoms. The van der Waals surface area contributed by atoms with Gasteiger partial charge in [0.2, 0.25) is 0 Å². The summed E-state index contributed by atoms with van der Waals surface area (Å²) in [4.78, 5) is 0. The van der Waals surface area contributed by atoms with Gasteiger partial charge in [-0.15, -0.1) is 0 Å². The largest absolute Gasteiger partial charge is 0.320 e. The van der Waals surface area contributed by atoms with Crippen molar-refractivity contribution in [1.82, 2.24) is 5.32 Å². The highest BCUT2D eigenvalue weighted by atomic mass is 32.2. The fraction of sp³-hybridized carbons (Fsp3) is 1.00. The SMILES string of the molecule is CNCC[C@H](C)SC. The molecule has 0 aromatic heterocycles. The van der Waals surface area contributed by atoms with E-state index in [1.54, 1.807) is 0 Å². The molecule has 0 amide bonds. The van der Waals surface area contributed by atoms with Gasteiger partial charge in [-0.2, -0.15) is 11.8 Å². The summed E-state index contributed by atoms with van der Waals surface area (Å²) in [7, 11) is 1.99. The Morgan fingerprint density at radius 2 is 2.25 bits per heavy atom. The summed E-state index contributed by atoms with van der Waals surface area (Å²) in [6.45, 7) is 3.39. The molecule has 50 valence electrons. The van der Waals surface area contributed by atoms with Crippen LogP contribution in [0.15, 0.2) is 0 Å². The molecular weight excluding hydrogens is 118 g/mol. The van der Waals surface area contributed by atoms with Crippen molar-refractivity contribution in [2.45, 2.75) is 18.6 Å². The van der Waals surface area contributed by atoms with Crippen LogP contribution >= 0.6 is 11.8 Å². The van der Waals surface area contributed by atoms with Gasteiger partial charge in [0.25, 0.3) is 0 Å². The predicted molar refractivity (Wildman–Crippen MR) is 41.5 cm³/mol. The van der Waals surface area contributed by atoms with E-state index < -0.39 is 0 Å². The minimum Gasteiger partial charge on any atom is -0.320 e. The molecule has 0 saturated carbocycles. The van der Waals surface area contributed by atoms with E-state index in [0.717, 1.165) is 11.8 Å². The van der Waals surface area contributed by atoms with Crippen LogP contribution in [0, 0.1) is 0 Å². The van der Waals surface area contributed by atoms with Crippen LogP contribution < -0.4 is 5.32 Å². The molecule has 0 unspecified atom stereocenters. The Kier molecular flexibility index (Phi) is 5.66. The van der Waals surface area contributed by atoms with Crippen molar-refractivity contribution in [2.24, 2.45) is 0 Å². The standard InChI is InChI=1S/C6H15NS/c1-6(8-3)4-5-7-2/h6-7H,4-5H2,1-3H3/t6-/m0/s1. The third-order valence-corrected chi connectivity index (χ3v) is 2.24. The van der Waals surface area contributed by atoms with Crippen LogP contribution in [0.4, 0.5) is 0 Å². The van der Waals surface area contributed by atoms with Crippen molar-refractivity contribution in [3.8, 4) is 0 Å². The first kappa shape index (κ1) is 8.31. The Labute approximate surface area is 56.2 Å². The van der Waals surface area contributed by atoms with Crippen LogP contribution in [-0.4, -0.2) is 25.1 Å². The van der Waals surface area contributed by atoms with E-state index >= 15 is 0 Å². The minimum absolute atomic E-state index is 0.808. The second-order valence-corrected chi connectivity index (χ2v) is 3.21. The normalized spacial score (nSPS) is 13.9. The van der Waals surface area contributed by atoms with Gasteiger partial charge in [-0.3, -0.25) is 0 Å². The van der Waals surface area contributed by atoms with Crippen molar-refractivity contribution in [2.75, 3.05) is 19.8 Å². The van der Waals surface area contributed by atoms with Gasteiger partial charge in [0, 0.05) is 5.25 Å². The number of hydrogen-bond acceptors (Lipinski definition) is 2. The average Bonchev–Trinajstić information content (AvgIpc) is 1.83.